The summed E-state index contributed by atoms with van der Waals surface area (Å²) in [6.45, 7) is 5.14. The Labute approximate surface area is 179 Å². The van der Waals surface area contributed by atoms with Crippen molar-refractivity contribution in [3.8, 4) is 5.75 Å². The van der Waals surface area contributed by atoms with Crippen LogP contribution >= 0.6 is 0 Å². The summed E-state index contributed by atoms with van der Waals surface area (Å²) >= 11 is 0. The van der Waals surface area contributed by atoms with Gasteiger partial charge in [0.2, 0.25) is 0 Å². The first kappa shape index (κ1) is 20.6. The van der Waals surface area contributed by atoms with Gasteiger partial charge in [-0.15, -0.1) is 0 Å². The van der Waals surface area contributed by atoms with E-state index in [0.717, 1.165) is 18.6 Å². The number of hydrogen-bond acceptors (Lipinski definition) is 8. The van der Waals surface area contributed by atoms with E-state index in [9.17, 15) is 15.1 Å². The molecule has 1 aliphatic rings. The molecule has 0 radical (unpaired) electrons. The largest absolute Gasteiger partial charge is 0.505 e. The number of amides is 1. The number of hydrogen-bond donors (Lipinski definition) is 3. The number of anilines is 3. The minimum absolute atomic E-state index is 0.0385. The van der Waals surface area contributed by atoms with Crippen LogP contribution in [0.4, 0.5) is 17.3 Å². The molecular weight excluding hydrogens is 402 g/mol. The third-order valence-electron chi connectivity index (χ3n) is 5.35. The average Bonchev–Trinajstić information content (AvgIpc) is 3.51. The van der Waals surface area contributed by atoms with Gasteiger partial charge in [0.25, 0.3) is 5.91 Å². The molecule has 0 unspecified atom stereocenters. The van der Waals surface area contributed by atoms with Gasteiger partial charge in [0.15, 0.2) is 5.75 Å². The molecule has 0 saturated carbocycles. The van der Waals surface area contributed by atoms with Crippen molar-refractivity contribution in [1.82, 2.24) is 10.1 Å². The molecule has 1 fully saturated rings. The first-order valence-corrected chi connectivity index (χ1v) is 10.3. The summed E-state index contributed by atoms with van der Waals surface area (Å²) < 4.78 is 10.4. The molecule has 10 nitrogen and oxygen atoms in total. The summed E-state index contributed by atoms with van der Waals surface area (Å²) in [5.74, 6) is 1.12. The number of aryl methyl sites for hydroxylation is 1. The standard InChI is InChI=1S/C21H25N5O5/c1-3-15(17-10-9-13(2)30-17)23-20-19(24-31-26(20)29)22-16-8-6-7-14(18(16)27)21(28)25-11-4-5-12-25/h6-10,15,23,27H,3-5,11-12H2,1-2H3,(H,22,24)/t15-/m1/s1. The first-order valence-electron chi connectivity index (χ1n) is 10.3. The lowest BCUT2D eigenvalue weighted by Crippen LogP contribution is -2.29. The van der Waals surface area contributed by atoms with E-state index in [0.29, 0.717) is 25.3 Å². The third-order valence-corrected chi connectivity index (χ3v) is 5.35. The second kappa shape index (κ2) is 8.58. The molecule has 0 spiro atoms. The van der Waals surface area contributed by atoms with Gasteiger partial charge < -0.3 is 29.6 Å². The van der Waals surface area contributed by atoms with Gasteiger partial charge in [-0.05, 0) is 55.6 Å². The minimum Gasteiger partial charge on any atom is -0.505 e. The lowest BCUT2D eigenvalue weighted by molar-refractivity contribution is -0.791. The van der Waals surface area contributed by atoms with E-state index < -0.39 is 0 Å². The van der Waals surface area contributed by atoms with Crippen molar-refractivity contribution in [2.24, 2.45) is 0 Å². The molecule has 0 aliphatic carbocycles. The molecule has 3 heterocycles. The van der Waals surface area contributed by atoms with Crippen molar-refractivity contribution in [2.75, 3.05) is 23.7 Å². The summed E-state index contributed by atoms with van der Waals surface area (Å²) in [5, 5.41) is 32.6. The Balaban J connectivity index is 1.58. The maximum atomic E-state index is 12.7. The lowest BCUT2D eigenvalue weighted by Gasteiger charge is -2.17. The Kier molecular flexibility index (Phi) is 5.70. The second-order valence-electron chi connectivity index (χ2n) is 7.51. The summed E-state index contributed by atoms with van der Waals surface area (Å²) in [5.41, 5.74) is 0.432. The highest BCUT2D eigenvalue weighted by molar-refractivity contribution is 5.99. The summed E-state index contributed by atoms with van der Waals surface area (Å²) in [4.78, 5) is 14.7. The Morgan fingerprint density at radius 2 is 2.10 bits per heavy atom. The number of para-hydroxylation sites is 1. The third kappa shape index (κ3) is 4.14. The van der Waals surface area contributed by atoms with Gasteiger partial charge in [0, 0.05) is 13.1 Å². The highest BCUT2D eigenvalue weighted by Crippen LogP contribution is 2.33. The zero-order valence-electron chi connectivity index (χ0n) is 17.4. The van der Waals surface area contributed by atoms with Crippen molar-refractivity contribution in [1.29, 1.82) is 0 Å². The fourth-order valence-electron chi connectivity index (χ4n) is 3.67. The molecule has 3 N–H and O–H groups in total. The normalized spacial score (nSPS) is 14.6. The highest BCUT2D eigenvalue weighted by Gasteiger charge is 2.27. The Hall–Kier alpha value is -3.69. The van der Waals surface area contributed by atoms with Crippen LogP contribution in [0.2, 0.25) is 0 Å². The van der Waals surface area contributed by atoms with Gasteiger partial charge in [-0.1, -0.05) is 17.9 Å². The zero-order chi connectivity index (χ0) is 22.0. The van der Waals surface area contributed by atoms with Crippen LogP contribution in [-0.2, 0) is 0 Å². The molecular formula is C21H25N5O5. The zero-order valence-corrected chi connectivity index (χ0v) is 17.4. The van der Waals surface area contributed by atoms with E-state index in [-0.39, 0.29) is 45.5 Å². The number of furan rings is 1. The molecule has 164 valence electrons. The fourth-order valence-corrected chi connectivity index (χ4v) is 3.67. The number of phenolic OH excluding ortho intramolecular Hbond substituents is 1. The van der Waals surface area contributed by atoms with Gasteiger partial charge in [-0.2, -0.15) is 0 Å². The van der Waals surface area contributed by atoms with Crippen LogP contribution in [0.5, 0.6) is 5.75 Å². The van der Waals surface area contributed by atoms with Crippen LogP contribution in [0.25, 0.3) is 0 Å². The number of carbonyl (C=O) groups is 1. The molecule has 2 aromatic heterocycles. The SMILES string of the molecule is CC[C@@H](Nc1c(Nc2cccc(C(=O)N3CCCC3)c2O)no[n+]1[O-])c1ccc(C)o1. The number of aromatic nitrogens is 2. The average molecular weight is 427 g/mol. The maximum absolute atomic E-state index is 12.7. The van der Waals surface area contributed by atoms with Crippen molar-refractivity contribution < 1.29 is 23.9 Å². The monoisotopic (exact) mass is 427 g/mol. The molecule has 0 bridgehead atoms. The Morgan fingerprint density at radius 1 is 1.32 bits per heavy atom. The second-order valence-corrected chi connectivity index (χ2v) is 7.51. The maximum Gasteiger partial charge on any atom is 0.320 e. The van der Waals surface area contributed by atoms with E-state index in [1.807, 2.05) is 26.0 Å². The van der Waals surface area contributed by atoms with Crippen LogP contribution in [0.15, 0.2) is 39.4 Å². The molecule has 10 heteroatoms. The predicted molar refractivity (Wildman–Crippen MR) is 112 cm³/mol. The molecule has 1 saturated heterocycles. The summed E-state index contributed by atoms with van der Waals surface area (Å²) in [6.07, 6.45) is 2.55. The first-order chi connectivity index (χ1) is 15.0. The Morgan fingerprint density at radius 3 is 2.77 bits per heavy atom. The van der Waals surface area contributed by atoms with Crippen LogP contribution < -0.4 is 15.5 Å². The van der Waals surface area contributed by atoms with Crippen molar-refractivity contribution in [2.45, 2.75) is 39.2 Å². The van der Waals surface area contributed by atoms with Gasteiger partial charge in [-0.25, -0.2) is 0 Å². The predicted octanol–water partition coefficient (Wildman–Crippen LogP) is 3.46. The number of phenols is 1. The van der Waals surface area contributed by atoms with Crippen LogP contribution in [0.1, 0.15) is 54.1 Å². The summed E-state index contributed by atoms with van der Waals surface area (Å²) in [6, 6.07) is 8.22. The van der Waals surface area contributed by atoms with E-state index >= 15 is 0 Å². The Bertz CT molecular complexity index is 1070. The molecule has 31 heavy (non-hydrogen) atoms. The molecule has 4 rings (SSSR count). The number of carbonyl (C=O) groups excluding carboxylic acids is 1. The molecule has 1 atom stereocenters. The van der Waals surface area contributed by atoms with E-state index in [1.54, 1.807) is 23.1 Å². The smallest absolute Gasteiger partial charge is 0.320 e. The number of rotatable bonds is 7. The van der Waals surface area contributed by atoms with Crippen LogP contribution in [0, 0.1) is 12.1 Å². The highest BCUT2D eigenvalue weighted by atomic mass is 16.8. The van der Waals surface area contributed by atoms with Gasteiger partial charge >= 0.3 is 11.6 Å². The van der Waals surface area contributed by atoms with E-state index in [4.69, 9.17) is 9.05 Å². The number of benzene rings is 1. The molecule has 3 aromatic rings. The van der Waals surface area contributed by atoms with Crippen molar-refractivity contribution in [3.05, 3.63) is 52.6 Å². The van der Waals surface area contributed by atoms with Gasteiger partial charge in [-0.3, -0.25) is 10.1 Å². The van der Waals surface area contributed by atoms with Gasteiger partial charge in [0.1, 0.15) is 17.6 Å². The number of likely N-dealkylation sites (tertiary alicyclic amines) is 1. The number of aromatic hydroxyl groups is 1. The van der Waals surface area contributed by atoms with Crippen molar-refractivity contribution in [3.63, 3.8) is 0 Å². The lowest BCUT2D eigenvalue weighted by atomic mass is 10.1. The number of nitrogens with one attached hydrogen (secondary N) is 2. The van der Waals surface area contributed by atoms with Crippen LogP contribution in [-0.4, -0.2) is 34.2 Å². The van der Waals surface area contributed by atoms with E-state index in [2.05, 4.69) is 15.8 Å². The number of nitrogens with zero attached hydrogens (tertiary/aromatic N) is 3. The quantitative estimate of drug-likeness (QED) is 0.386. The molecule has 1 aliphatic heterocycles. The van der Waals surface area contributed by atoms with Crippen LogP contribution in [0.3, 0.4) is 0 Å². The molecule has 1 amide bonds. The summed E-state index contributed by atoms with van der Waals surface area (Å²) in [7, 11) is 0. The fraction of sp³-hybridized carbons (Fsp3) is 0.381. The van der Waals surface area contributed by atoms with Gasteiger partial charge in [0.05, 0.1) is 11.3 Å². The topological polar surface area (TPSA) is 131 Å². The molecule has 1 aromatic carbocycles. The van der Waals surface area contributed by atoms with Crippen molar-refractivity contribution >= 4 is 23.2 Å². The van der Waals surface area contributed by atoms with E-state index in [1.165, 1.54) is 0 Å². The minimum atomic E-state index is -0.287.